The van der Waals surface area contributed by atoms with Gasteiger partial charge in [-0.1, -0.05) is 6.07 Å². The Balaban J connectivity index is 2.71. The van der Waals surface area contributed by atoms with Crippen LogP contribution in [0.4, 0.5) is 0 Å². The summed E-state index contributed by atoms with van der Waals surface area (Å²) in [6.07, 6.45) is 0.434. The van der Waals surface area contributed by atoms with Crippen molar-refractivity contribution in [2.75, 3.05) is 20.8 Å². The first-order valence-electron chi connectivity index (χ1n) is 6.00. The summed E-state index contributed by atoms with van der Waals surface area (Å²) >= 11 is 0. The summed E-state index contributed by atoms with van der Waals surface area (Å²) in [6.45, 7) is -0.0879. The number of ketones is 2. The second-order valence-electron chi connectivity index (χ2n) is 4.04. The minimum Gasteiger partial charge on any atom is -0.493 e. The molecular formula is C14H18O5. The van der Waals surface area contributed by atoms with E-state index in [-0.39, 0.29) is 19.4 Å². The third-order valence-electron chi connectivity index (χ3n) is 2.69. The third kappa shape index (κ3) is 4.37. The van der Waals surface area contributed by atoms with Crippen molar-refractivity contribution in [1.82, 2.24) is 0 Å². The zero-order valence-corrected chi connectivity index (χ0v) is 11.1. The monoisotopic (exact) mass is 266 g/mol. The van der Waals surface area contributed by atoms with Crippen LogP contribution >= 0.6 is 0 Å². The SMILES string of the molecule is COc1ccc(CC(=O)C(=O)CCCO)cc1OC. The second kappa shape index (κ2) is 7.53. The average Bonchev–Trinajstić information content (AvgIpc) is 2.44. The van der Waals surface area contributed by atoms with E-state index in [1.54, 1.807) is 18.2 Å². The van der Waals surface area contributed by atoms with E-state index in [1.165, 1.54) is 14.2 Å². The quantitative estimate of drug-likeness (QED) is 0.715. The number of hydrogen-bond acceptors (Lipinski definition) is 5. The van der Waals surface area contributed by atoms with Crippen LogP contribution in [-0.4, -0.2) is 37.5 Å². The summed E-state index contributed by atoms with van der Waals surface area (Å²) < 4.78 is 10.2. The number of carbonyl (C=O) groups is 2. The minimum absolute atomic E-state index is 0.0324. The number of hydrogen-bond donors (Lipinski definition) is 1. The number of methoxy groups -OCH3 is 2. The van der Waals surface area contributed by atoms with Gasteiger partial charge in [0.15, 0.2) is 17.3 Å². The summed E-state index contributed by atoms with van der Waals surface area (Å²) in [7, 11) is 3.04. The smallest absolute Gasteiger partial charge is 0.202 e. The highest BCUT2D eigenvalue weighted by Gasteiger charge is 2.15. The Bertz CT molecular complexity index is 453. The lowest BCUT2D eigenvalue weighted by atomic mass is 10.0. The van der Waals surface area contributed by atoms with Crippen molar-refractivity contribution >= 4 is 11.6 Å². The molecule has 19 heavy (non-hydrogen) atoms. The van der Waals surface area contributed by atoms with Crippen LogP contribution in [0.15, 0.2) is 18.2 Å². The maximum atomic E-state index is 11.7. The molecule has 5 nitrogen and oxygen atoms in total. The number of aliphatic hydroxyl groups is 1. The van der Waals surface area contributed by atoms with Gasteiger partial charge in [-0.05, 0) is 24.1 Å². The molecule has 0 unspecified atom stereocenters. The van der Waals surface area contributed by atoms with E-state index >= 15 is 0 Å². The predicted octanol–water partition coefficient (Wildman–Crippen LogP) is 1.16. The molecule has 0 saturated heterocycles. The summed E-state index contributed by atoms with van der Waals surface area (Å²) in [5.41, 5.74) is 0.694. The van der Waals surface area contributed by atoms with Gasteiger partial charge >= 0.3 is 0 Å². The Kier molecular flexibility index (Phi) is 6.02. The van der Waals surface area contributed by atoms with E-state index in [0.717, 1.165) is 0 Å². The highest BCUT2D eigenvalue weighted by Crippen LogP contribution is 2.27. The topological polar surface area (TPSA) is 72.8 Å². The summed E-state index contributed by atoms with van der Waals surface area (Å²) in [5.74, 6) is 0.186. The molecule has 0 radical (unpaired) electrons. The van der Waals surface area contributed by atoms with E-state index in [9.17, 15) is 9.59 Å². The van der Waals surface area contributed by atoms with Gasteiger partial charge < -0.3 is 14.6 Å². The van der Waals surface area contributed by atoms with Gasteiger partial charge in [0.25, 0.3) is 0 Å². The minimum atomic E-state index is -0.458. The molecule has 5 heteroatoms. The molecule has 104 valence electrons. The zero-order chi connectivity index (χ0) is 14.3. The van der Waals surface area contributed by atoms with Crippen LogP contribution in [0.2, 0.25) is 0 Å². The van der Waals surface area contributed by atoms with E-state index in [2.05, 4.69) is 0 Å². The van der Waals surface area contributed by atoms with E-state index < -0.39 is 11.6 Å². The van der Waals surface area contributed by atoms with Crippen LogP contribution < -0.4 is 9.47 Å². The van der Waals surface area contributed by atoms with Crippen molar-refractivity contribution in [3.8, 4) is 11.5 Å². The standard InChI is InChI=1S/C14H18O5/c1-18-13-6-5-10(9-14(13)19-2)8-12(17)11(16)4-3-7-15/h5-6,9,15H,3-4,7-8H2,1-2H3. The van der Waals surface area contributed by atoms with Gasteiger partial charge in [-0.15, -0.1) is 0 Å². The van der Waals surface area contributed by atoms with Crippen molar-refractivity contribution in [3.63, 3.8) is 0 Å². The number of Topliss-reactive ketones (excluding diaryl/α,β-unsaturated/α-hetero) is 2. The van der Waals surface area contributed by atoms with Gasteiger partial charge in [0, 0.05) is 19.4 Å². The van der Waals surface area contributed by atoms with Crippen molar-refractivity contribution < 1.29 is 24.2 Å². The predicted molar refractivity (Wildman–Crippen MR) is 69.6 cm³/mol. The molecule has 0 aliphatic rings. The highest BCUT2D eigenvalue weighted by atomic mass is 16.5. The average molecular weight is 266 g/mol. The van der Waals surface area contributed by atoms with Crippen LogP contribution in [0, 0.1) is 0 Å². The fourth-order valence-electron chi connectivity index (χ4n) is 1.65. The molecule has 0 aliphatic heterocycles. The largest absolute Gasteiger partial charge is 0.493 e. The van der Waals surface area contributed by atoms with Gasteiger partial charge in [-0.2, -0.15) is 0 Å². The van der Waals surface area contributed by atoms with Crippen molar-refractivity contribution in [3.05, 3.63) is 23.8 Å². The van der Waals surface area contributed by atoms with Gasteiger partial charge in [0.05, 0.1) is 14.2 Å². The lowest BCUT2D eigenvalue weighted by Crippen LogP contribution is -2.16. The maximum absolute atomic E-state index is 11.7. The number of rotatable bonds is 8. The Morgan fingerprint density at radius 1 is 1.11 bits per heavy atom. The lowest BCUT2D eigenvalue weighted by Gasteiger charge is -2.09. The molecule has 1 N–H and O–H groups in total. The Morgan fingerprint density at radius 3 is 2.37 bits per heavy atom. The molecule has 0 spiro atoms. The van der Waals surface area contributed by atoms with Crippen LogP contribution in [0.25, 0.3) is 0 Å². The van der Waals surface area contributed by atoms with Crippen LogP contribution in [0.5, 0.6) is 11.5 Å². The van der Waals surface area contributed by atoms with E-state index in [4.69, 9.17) is 14.6 Å². The molecule has 1 rings (SSSR count). The fourth-order valence-corrected chi connectivity index (χ4v) is 1.65. The van der Waals surface area contributed by atoms with Crippen LogP contribution in [-0.2, 0) is 16.0 Å². The molecule has 1 aromatic carbocycles. The van der Waals surface area contributed by atoms with E-state index in [1.807, 2.05) is 0 Å². The molecule has 0 atom stereocenters. The Morgan fingerprint density at radius 2 is 1.79 bits per heavy atom. The van der Waals surface area contributed by atoms with Gasteiger partial charge in [-0.3, -0.25) is 9.59 Å². The Hall–Kier alpha value is -1.88. The molecular weight excluding hydrogens is 248 g/mol. The molecule has 0 heterocycles. The third-order valence-corrected chi connectivity index (χ3v) is 2.69. The molecule has 1 aromatic rings. The molecule has 0 bridgehead atoms. The summed E-state index contributed by atoms with van der Waals surface area (Å²) in [4.78, 5) is 23.1. The van der Waals surface area contributed by atoms with Crippen molar-refractivity contribution in [2.45, 2.75) is 19.3 Å². The van der Waals surface area contributed by atoms with Crippen LogP contribution in [0.1, 0.15) is 18.4 Å². The molecule has 0 aromatic heterocycles. The molecule has 0 fully saturated rings. The first kappa shape index (κ1) is 15.2. The summed E-state index contributed by atoms with van der Waals surface area (Å²) in [6, 6.07) is 5.09. The zero-order valence-electron chi connectivity index (χ0n) is 11.1. The first-order valence-corrected chi connectivity index (χ1v) is 6.00. The highest BCUT2D eigenvalue weighted by molar-refractivity contribution is 6.37. The number of aliphatic hydroxyl groups excluding tert-OH is 1. The van der Waals surface area contributed by atoms with Crippen molar-refractivity contribution in [1.29, 1.82) is 0 Å². The normalized spacial score (nSPS) is 10.1. The number of benzene rings is 1. The van der Waals surface area contributed by atoms with Gasteiger partial charge in [-0.25, -0.2) is 0 Å². The molecule has 0 aliphatic carbocycles. The molecule has 0 amide bonds. The first-order chi connectivity index (χ1) is 9.12. The van der Waals surface area contributed by atoms with Gasteiger partial charge in [0.2, 0.25) is 5.78 Å². The second-order valence-corrected chi connectivity index (χ2v) is 4.04. The summed E-state index contributed by atoms with van der Waals surface area (Å²) in [5, 5.41) is 8.62. The fraction of sp³-hybridized carbons (Fsp3) is 0.429. The Labute approximate surface area is 112 Å². The van der Waals surface area contributed by atoms with Gasteiger partial charge in [0.1, 0.15) is 0 Å². The number of carbonyl (C=O) groups excluding carboxylic acids is 2. The molecule has 0 saturated carbocycles. The number of ether oxygens (including phenoxy) is 2. The maximum Gasteiger partial charge on any atom is 0.202 e. The lowest BCUT2D eigenvalue weighted by molar-refractivity contribution is -0.136. The van der Waals surface area contributed by atoms with Crippen LogP contribution in [0.3, 0.4) is 0 Å². The van der Waals surface area contributed by atoms with Crippen molar-refractivity contribution in [2.24, 2.45) is 0 Å². The van der Waals surface area contributed by atoms with E-state index in [0.29, 0.717) is 23.5 Å².